The van der Waals surface area contributed by atoms with E-state index in [4.69, 9.17) is 9.47 Å². The van der Waals surface area contributed by atoms with Crippen LogP contribution < -0.4 is 4.74 Å². The summed E-state index contributed by atoms with van der Waals surface area (Å²) in [6.07, 6.45) is -0.713. The molecule has 52 heavy (non-hydrogen) atoms. The molecule has 1 fully saturated rings. The van der Waals surface area contributed by atoms with Crippen LogP contribution in [0, 0.1) is 5.92 Å². The Bertz CT molecular complexity index is 1890. The largest absolute Gasteiger partial charge is 0.496 e. The summed E-state index contributed by atoms with van der Waals surface area (Å²) in [5, 5.41) is 11.6. The predicted octanol–water partition coefficient (Wildman–Crippen LogP) is 6.96. The monoisotopic (exact) mass is 717 g/mol. The van der Waals surface area contributed by atoms with Gasteiger partial charge in [0.15, 0.2) is 5.82 Å². The van der Waals surface area contributed by atoms with Crippen molar-refractivity contribution in [3.05, 3.63) is 95.3 Å². The third-order valence-corrected chi connectivity index (χ3v) is 9.69. The number of carbonyl (C=O) groups excluding carboxylic acids is 2. The molecule has 0 saturated carbocycles. The number of hydrogen-bond donors (Lipinski definition) is 0. The second-order valence-corrected chi connectivity index (χ2v) is 13.2. The number of rotatable bonds is 15. The topological polar surface area (TPSA) is 114 Å². The normalized spacial score (nSPS) is 17.1. The number of imidazole rings is 1. The lowest BCUT2D eigenvalue weighted by Gasteiger charge is -2.33. The van der Waals surface area contributed by atoms with Crippen LogP contribution in [0.2, 0.25) is 0 Å². The standard InChI is InChI=1S/C38H42F3N7O4/c1-46(37(50)30-22-28(12-13-34(30)51-2)32-23-42-45-44-32)24-29(26-8-4-3-5-9-26)16-19-47-17-14-27(15-18-47)35(49)36-43-31-10-6-7-11-33(31)48(36)20-21-52-25-38(39,40)41/h3-13,22-23,27,29,32H,14-21,24-25H2,1-2H3. The van der Waals surface area contributed by atoms with Crippen molar-refractivity contribution >= 4 is 28.9 Å². The zero-order valence-electron chi connectivity index (χ0n) is 29.2. The van der Waals surface area contributed by atoms with Crippen LogP contribution in [0.15, 0.2) is 88.2 Å². The van der Waals surface area contributed by atoms with E-state index in [1.807, 2.05) is 42.5 Å². The lowest BCUT2D eigenvalue weighted by Crippen LogP contribution is -2.39. The Morgan fingerprint density at radius 1 is 1.00 bits per heavy atom. The summed E-state index contributed by atoms with van der Waals surface area (Å²) in [7, 11) is 3.34. The summed E-state index contributed by atoms with van der Waals surface area (Å²) in [5.74, 6) is 0.278. The number of likely N-dealkylation sites (N-methyl/N-ethyl adjacent to an activating group) is 1. The van der Waals surface area contributed by atoms with E-state index >= 15 is 0 Å². The van der Waals surface area contributed by atoms with Crippen molar-refractivity contribution in [3.63, 3.8) is 0 Å². The summed E-state index contributed by atoms with van der Waals surface area (Å²) in [6.45, 7) is 1.26. The Morgan fingerprint density at radius 3 is 2.46 bits per heavy atom. The number of amides is 1. The van der Waals surface area contributed by atoms with E-state index in [-0.39, 0.29) is 48.5 Å². The van der Waals surface area contributed by atoms with Gasteiger partial charge in [-0.1, -0.05) is 48.5 Å². The number of para-hydroxylation sites is 2. The van der Waals surface area contributed by atoms with Crippen LogP contribution >= 0.6 is 0 Å². The number of aromatic nitrogens is 2. The maximum atomic E-state index is 13.8. The van der Waals surface area contributed by atoms with Crippen molar-refractivity contribution in [2.45, 2.75) is 43.9 Å². The van der Waals surface area contributed by atoms with Gasteiger partial charge in [0.25, 0.3) is 5.91 Å². The fraction of sp³-hybridized carbons (Fsp3) is 0.421. The number of ketones is 1. The fourth-order valence-electron chi connectivity index (χ4n) is 6.92. The summed E-state index contributed by atoms with van der Waals surface area (Å²) in [5.41, 5.74) is 3.69. The number of halogens is 3. The van der Waals surface area contributed by atoms with Gasteiger partial charge >= 0.3 is 6.18 Å². The Labute approximate surface area is 300 Å². The molecule has 14 heteroatoms. The molecule has 1 aromatic heterocycles. The van der Waals surface area contributed by atoms with Crippen LogP contribution in [-0.4, -0.2) is 97.0 Å². The number of fused-ring (bicyclic) bond motifs is 1. The van der Waals surface area contributed by atoms with Gasteiger partial charge in [-0.3, -0.25) is 9.59 Å². The first kappa shape index (κ1) is 36.8. The molecule has 274 valence electrons. The summed E-state index contributed by atoms with van der Waals surface area (Å²) in [4.78, 5) is 36.3. The predicted molar refractivity (Wildman–Crippen MR) is 190 cm³/mol. The Hall–Kier alpha value is -4.95. The molecule has 2 aliphatic heterocycles. The molecule has 1 saturated heterocycles. The van der Waals surface area contributed by atoms with Crippen molar-refractivity contribution in [1.29, 1.82) is 0 Å². The molecule has 0 aliphatic carbocycles. The first-order valence-electron chi connectivity index (χ1n) is 17.4. The molecule has 3 heterocycles. The van der Waals surface area contributed by atoms with Crippen molar-refractivity contribution in [1.82, 2.24) is 19.4 Å². The molecule has 6 rings (SSSR count). The van der Waals surface area contributed by atoms with Crippen LogP contribution in [0.5, 0.6) is 5.75 Å². The van der Waals surface area contributed by atoms with Crippen LogP contribution in [0.25, 0.3) is 11.0 Å². The highest BCUT2D eigenvalue weighted by molar-refractivity contribution is 5.98. The molecule has 4 aromatic rings. The number of benzene rings is 3. The van der Waals surface area contributed by atoms with Gasteiger partial charge in [0.2, 0.25) is 5.78 Å². The van der Waals surface area contributed by atoms with Gasteiger partial charge in [-0.25, -0.2) is 4.98 Å². The molecule has 2 aliphatic rings. The highest BCUT2D eigenvalue weighted by Gasteiger charge is 2.31. The Balaban J connectivity index is 1.08. The maximum absolute atomic E-state index is 13.8. The van der Waals surface area contributed by atoms with E-state index in [1.54, 1.807) is 48.0 Å². The minimum atomic E-state index is -4.42. The van der Waals surface area contributed by atoms with Gasteiger partial charge in [-0.2, -0.15) is 18.3 Å². The van der Waals surface area contributed by atoms with Gasteiger partial charge in [0.1, 0.15) is 18.4 Å². The number of piperidine rings is 1. The molecule has 2 atom stereocenters. The zero-order valence-corrected chi connectivity index (χ0v) is 29.2. The van der Waals surface area contributed by atoms with Crippen molar-refractivity contribution in [3.8, 4) is 5.75 Å². The van der Waals surface area contributed by atoms with E-state index in [1.165, 1.54) is 0 Å². The maximum Gasteiger partial charge on any atom is 0.411 e. The van der Waals surface area contributed by atoms with E-state index in [9.17, 15) is 22.8 Å². The SMILES string of the molecule is COc1ccc(C2C=NN=N2)cc1C(=O)N(C)CC(CCN1CCC(C(=O)c2nc3ccccc3n2CCOCC(F)(F)F)CC1)c1ccccc1. The number of methoxy groups -OCH3 is 1. The average molecular weight is 718 g/mol. The first-order valence-corrected chi connectivity index (χ1v) is 17.4. The number of hydrogen-bond acceptors (Lipinski definition) is 9. The second kappa shape index (κ2) is 16.6. The van der Waals surface area contributed by atoms with Crippen LogP contribution in [0.1, 0.15) is 63.3 Å². The molecule has 0 spiro atoms. The second-order valence-electron chi connectivity index (χ2n) is 13.2. The summed E-state index contributed by atoms with van der Waals surface area (Å²) in [6, 6.07) is 22.5. The van der Waals surface area contributed by atoms with Gasteiger partial charge in [-0.15, -0.1) is 5.10 Å². The number of likely N-dealkylation sites (tertiary alicyclic amines) is 1. The lowest BCUT2D eigenvalue weighted by molar-refractivity contribution is -0.174. The van der Waals surface area contributed by atoms with E-state index < -0.39 is 12.8 Å². The number of carbonyl (C=O) groups is 2. The van der Waals surface area contributed by atoms with Gasteiger partial charge in [-0.05, 0) is 79.5 Å². The van der Waals surface area contributed by atoms with Gasteiger partial charge in [0, 0.05) is 32.0 Å². The van der Waals surface area contributed by atoms with Crippen LogP contribution in [0.3, 0.4) is 0 Å². The number of alkyl halides is 3. The first-order chi connectivity index (χ1) is 25.1. The minimum absolute atomic E-state index is 0.0546. The minimum Gasteiger partial charge on any atom is -0.496 e. The van der Waals surface area contributed by atoms with Gasteiger partial charge in [0.05, 0.1) is 36.5 Å². The molecular formula is C38H42F3N7O4. The van der Waals surface area contributed by atoms with E-state index in [0.29, 0.717) is 54.8 Å². The number of ether oxygens (including phenoxy) is 2. The van der Waals surface area contributed by atoms with Crippen molar-refractivity contribution in [2.24, 2.45) is 21.4 Å². The lowest BCUT2D eigenvalue weighted by atomic mass is 9.90. The Morgan fingerprint density at radius 2 is 1.75 bits per heavy atom. The molecule has 2 unspecified atom stereocenters. The highest BCUT2D eigenvalue weighted by Crippen LogP contribution is 2.30. The quantitative estimate of drug-likeness (QED) is 0.0971. The third kappa shape index (κ3) is 8.91. The smallest absolute Gasteiger partial charge is 0.411 e. The Kier molecular flexibility index (Phi) is 11.8. The zero-order chi connectivity index (χ0) is 36.7. The van der Waals surface area contributed by atoms with Crippen molar-refractivity contribution in [2.75, 3.05) is 53.6 Å². The third-order valence-electron chi connectivity index (χ3n) is 9.69. The fourth-order valence-corrected chi connectivity index (χ4v) is 6.92. The van der Waals surface area contributed by atoms with Gasteiger partial charge < -0.3 is 23.8 Å². The summed E-state index contributed by atoms with van der Waals surface area (Å²) < 4.78 is 50.0. The highest BCUT2D eigenvalue weighted by atomic mass is 19.4. The summed E-state index contributed by atoms with van der Waals surface area (Å²) >= 11 is 0. The van der Waals surface area contributed by atoms with Crippen molar-refractivity contribution < 1.29 is 32.2 Å². The molecule has 0 N–H and O–H groups in total. The van der Waals surface area contributed by atoms with E-state index in [2.05, 4.69) is 37.5 Å². The molecular weight excluding hydrogens is 675 g/mol. The van der Waals surface area contributed by atoms with Crippen LogP contribution in [0.4, 0.5) is 13.2 Å². The van der Waals surface area contributed by atoms with Crippen LogP contribution in [-0.2, 0) is 11.3 Å². The molecule has 0 bridgehead atoms. The average Bonchev–Trinajstić information content (AvgIpc) is 3.83. The molecule has 3 aromatic carbocycles. The molecule has 11 nitrogen and oxygen atoms in total. The molecule has 1 amide bonds. The molecule has 0 radical (unpaired) electrons. The number of Topliss-reactive ketones (excluding diaryl/α,β-unsaturated/α-hetero) is 1. The van der Waals surface area contributed by atoms with E-state index in [0.717, 1.165) is 24.1 Å². The number of nitrogens with zero attached hydrogens (tertiary/aromatic N) is 7.